The van der Waals surface area contributed by atoms with E-state index in [1.807, 2.05) is 36.4 Å². The van der Waals surface area contributed by atoms with Crippen LogP contribution in [0.4, 0.5) is 0 Å². The molecule has 2 heterocycles. The second-order valence-electron chi connectivity index (χ2n) is 9.24. The number of benzene rings is 4. The molecule has 0 aliphatic heterocycles. The number of allylic oxidation sites excluding steroid dienone is 4. The lowest BCUT2D eigenvalue weighted by molar-refractivity contribution is 0.366. The molecule has 0 amide bonds. The summed E-state index contributed by atoms with van der Waals surface area (Å²) in [6, 6.07) is 22.2. The van der Waals surface area contributed by atoms with Crippen molar-refractivity contribution in [2.75, 3.05) is 0 Å². The van der Waals surface area contributed by atoms with Crippen LogP contribution in [0.5, 0.6) is 5.75 Å². The van der Waals surface area contributed by atoms with Crippen LogP contribution in [0.25, 0.3) is 54.7 Å². The number of aromatic nitrogens is 2. The fraction of sp³-hybridized carbons (Fsp3) is 0.0667. The monoisotopic (exact) mass is 598 g/mol. The number of rotatable bonds is 2. The minimum Gasteiger partial charge on any atom is -0.512 e. The molecular weight excluding hydrogens is 580 g/mol. The summed E-state index contributed by atoms with van der Waals surface area (Å²) in [5, 5.41) is 26.8. The lowest BCUT2D eigenvalue weighted by Gasteiger charge is -2.24. The summed E-state index contributed by atoms with van der Waals surface area (Å²) in [4.78, 5) is 7.35. The zero-order valence-electron chi connectivity index (χ0n) is 18.9. The smallest absolute Gasteiger partial charge is 0.124 e. The van der Waals surface area contributed by atoms with Crippen LogP contribution >= 0.6 is 31.9 Å². The quantitative estimate of drug-likeness (QED) is 0.160. The van der Waals surface area contributed by atoms with E-state index in [9.17, 15) is 10.2 Å². The van der Waals surface area contributed by atoms with Gasteiger partial charge in [-0.3, -0.25) is 0 Å². The molecule has 176 valence electrons. The standard InChI is InChI=1S/C30H20Br2N2O2/c31-15-9-11-19(23(35)13-15)25-26-17-5-1-3-7-21(17)33-29(26)28-18-6-2-4-8-22(18)34-30(28)27(25)20-12-10-16(32)14-24(20)36/h1-10,12-14,19,33-36H,11H2. The first-order valence-corrected chi connectivity index (χ1v) is 13.3. The van der Waals surface area contributed by atoms with Crippen molar-refractivity contribution in [3.8, 4) is 16.9 Å². The summed E-state index contributed by atoms with van der Waals surface area (Å²) in [5.74, 6) is 0.201. The highest BCUT2D eigenvalue weighted by molar-refractivity contribution is 9.12. The molecule has 0 radical (unpaired) electrons. The number of fused-ring (bicyclic) bond motifs is 7. The third-order valence-electron chi connectivity index (χ3n) is 7.22. The molecule has 4 aromatic carbocycles. The summed E-state index contributed by atoms with van der Waals surface area (Å²) in [6.45, 7) is 0. The van der Waals surface area contributed by atoms with E-state index in [2.05, 4.69) is 72.2 Å². The number of aromatic amines is 2. The van der Waals surface area contributed by atoms with Crippen LogP contribution in [0, 0.1) is 0 Å². The van der Waals surface area contributed by atoms with Crippen LogP contribution < -0.4 is 0 Å². The van der Waals surface area contributed by atoms with Crippen molar-refractivity contribution in [3.05, 3.63) is 99.2 Å². The van der Waals surface area contributed by atoms with Crippen molar-refractivity contribution in [2.45, 2.75) is 12.3 Å². The Bertz CT molecular complexity index is 1930. The molecule has 4 nitrogen and oxygen atoms in total. The van der Waals surface area contributed by atoms with Crippen LogP contribution in [0.15, 0.2) is 93.6 Å². The number of hydrogen-bond acceptors (Lipinski definition) is 2. The van der Waals surface area contributed by atoms with Gasteiger partial charge in [-0.05, 0) is 48.4 Å². The molecule has 1 atom stereocenters. The van der Waals surface area contributed by atoms with Crippen LogP contribution in [-0.2, 0) is 0 Å². The Morgan fingerprint density at radius 2 is 1.44 bits per heavy atom. The van der Waals surface area contributed by atoms with Gasteiger partial charge in [-0.25, -0.2) is 0 Å². The third kappa shape index (κ3) is 3.11. The number of para-hydroxylation sites is 2. The van der Waals surface area contributed by atoms with Crippen molar-refractivity contribution in [2.24, 2.45) is 0 Å². The minimum absolute atomic E-state index is 0.181. The average Bonchev–Trinajstić information content (AvgIpc) is 3.43. The van der Waals surface area contributed by atoms with Gasteiger partial charge < -0.3 is 20.2 Å². The van der Waals surface area contributed by atoms with E-state index >= 15 is 0 Å². The average molecular weight is 600 g/mol. The summed E-state index contributed by atoms with van der Waals surface area (Å²) in [6.07, 6.45) is 4.49. The van der Waals surface area contributed by atoms with E-state index < -0.39 is 0 Å². The predicted octanol–water partition coefficient (Wildman–Crippen LogP) is 9.30. The van der Waals surface area contributed by atoms with Crippen LogP contribution in [0.1, 0.15) is 17.9 Å². The summed E-state index contributed by atoms with van der Waals surface area (Å²) >= 11 is 7.01. The minimum atomic E-state index is -0.276. The van der Waals surface area contributed by atoms with Gasteiger partial charge in [0, 0.05) is 58.6 Å². The SMILES string of the molecule is OC1=CC(Br)=CCC1c1c(-c2ccc(Br)cc2O)c2[nH]c3ccccc3c2c2[nH]c3ccccc3c12. The Morgan fingerprint density at radius 3 is 2.14 bits per heavy atom. The molecule has 4 N–H and O–H groups in total. The summed E-state index contributed by atoms with van der Waals surface area (Å²) in [7, 11) is 0. The molecule has 6 aromatic rings. The van der Waals surface area contributed by atoms with E-state index in [0.29, 0.717) is 12.2 Å². The largest absolute Gasteiger partial charge is 0.512 e. The van der Waals surface area contributed by atoms with Gasteiger partial charge in [0.15, 0.2) is 0 Å². The lowest BCUT2D eigenvalue weighted by Crippen LogP contribution is -2.08. The summed E-state index contributed by atoms with van der Waals surface area (Å²) < 4.78 is 1.67. The first-order chi connectivity index (χ1) is 17.5. The van der Waals surface area contributed by atoms with Gasteiger partial charge in [0.25, 0.3) is 0 Å². The highest BCUT2D eigenvalue weighted by Gasteiger charge is 2.30. The van der Waals surface area contributed by atoms with Crippen molar-refractivity contribution in [3.63, 3.8) is 0 Å². The topological polar surface area (TPSA) is 72.0 Å². The number of nitrogens with one attached hydrogen (secondary N) is 2. The Morgan fingerprint density at radius 1 is 0.778 bits per heavy atom. The van der Waals surface area contributed by atoms with Gasteiger partial charge in [-0.15, -0.1) is 0 Å². The molecule has 36 heavy (non-hydrogen) atoms. The van der Waals surface area contributed by atoms with E-state index in [0.717, 1.165) is 69.3 Å². The molecule has 0 fully saturated rings. The first kappa shape index (κ1) is 21.8. The molecule has 7 rings (SSSR count). The maximum atomic E-state index is 11.3. The van der Waals surface area contributed by atoms with E-state index in [1.54, 1.807) is 12.1 Å². The lowest BCUT2D eigenvalue weighted by atomic mass is 9.81. The van der Waals surface area contributed by atoms with Gasteiger partial charge in [-0.1, -0.05) is 74.3 Å². The Labute approximate surface area is 223 Å². The van der Waals surface area contributed by atoms with Gasteiger partial charge in [-0.2, -0.15) is 0 Å². The molecule has 0 bridgehead atoms. The molecule has 6 heteroatoms. The number of hydrogen-bond donors (Lipinski definition) is 4. The fourth-order valence-electron chi connectivity index (χ4n) is 5.72. The zero-order valence-corrected chi connectivity index (χ0v) is 22.1. The number of aliphatic hydroxyl groups excluding tert-OH is 1. The molecule has 2 aromatic heterocycles. The Hall–Kier alpha value is -3.48. The van der Waals surface area contributed by atoms with Crippen molar-refractivity contribution >= 4 is 75.5 Å². The van der Waals surface area contributed by atoms with Crippen molar-refractivity contribution in [1.29, 1.82) is 0 Å². The van der Waals surface area contributed by atoms with E-state index in [4.69, 9.17) is 0 Å². The van der Waals surface area contributed by atoms with Crippen LogP contribution in [0.3, 0.4) is 0 Å². The maximum absolute atomic E-state index is 11.3. The van der Waals surface area contributed by atoms with Gasteiger partial charge in [0.05, 0.1) is 11.0 Å². The zero-order chi connectivity index (χ0) is 24.6. The number of phenolic OH excluding ortho intramolecular Hbond substituents is 1. The summed E-state index contributed by atoms with van der Waals surface area (Å²) in [5.41, 5.74) is 6.63. The van der Waals surface area contributed by atoms with E-state index in [1.165, 1.54) is 0 Å². The van der Waals surface area contributed by atoms with Gasteiger partial charge in [0.2, 0.25) is 0 Å². The molecule has 0 saturated carbocycles. The van der Waals surface area contributed by atoms with Gasteiger partial charge >= 0.3 is 0 Å². The van der Waals surface area contributed by atoms with Crippen molar-refractivity contribution < 1.29 is 10.2 Å². The van der Waals surface area contributed by atoms with Crippen molar-refractivity contribution in [1.82, 2.24) is 9.97 Å². The maximum Gasteiger partial charge on any atom is 0.124 e. The number of aliphatic hydroxyl groups is 1. The molecule has 1 unspecified atom stereocenters. The van der Waals surface area contributed by atoms with Gasteiger partial charge in [0.1, 0.15) is 11.5 Å². The van der Waals surface area contributed by atoms with E-state index in [-0.39, 0.29) is 11.7 Å². The first-order valence-electron chi connectivity index (χ1n) is 11.7. The number of aromatic hydroxyl groups is 1. The van der Waals surface area contributed by atoms with Crippen LogP contribution in [0.2, 0.25) is 0 Å². The molecule has 0 saturated heterocycles. The molecule has 1 aliphatic carbocycles. The van der Waals surface area contributed by atoms with Crippen LogP contribution in [-0.4, -0.2) is 20.2 Å². The number of H-pyrrole nitrogens is 2. The highest BCUT2D eigenvalue weighted by atomic mass is 79.9. The fourth-order valence-corrected chi connectivity index (χ4v) is 6.49. The second-order valence-corrected chi connectivity index (χ2v) is 11.1. The number of phenols is 1. The second kappa shape index (κ2) is 8.02. The molecule has 0 spiro atoms. The number of halogens is 2. The third-order valence-corrected chi connectivity index (χ3v) is 8.27. The Kier molecular flexibility index (Phi) is 4.85. The highest BCUT2D eigenvalue weighted by Crippen LogP contribution is 2.51. The predicted molar refractivity (Wildman–Crippen MR) is 155 cm³/mol. The normalized spacial score (nSPS) is 16.2. The molecule has 1 aliphatic rings. The Balaban J connectivity index is 1.77. The molecular formula is C30H20Br2N2O2.